The number of hydrogen-bond acceptors (Lipinski definition) is 4. The fourth-order valence-corrected chi connectivity index (χ4v) is 4.24. The lowest BCUT2D eigenvalue weighted by molar-refractivity contribution is -0.130. The van der Waals surface area contributed by atoms with Crippen molar-refractivity contribution < 1.29 is 9.21 Å². The van der Waals surface area contributed by atoms with Gasteiger partial charge in [-0.05, 0) is 36.2 Å². The van der Waals surface area contributed by atoms with E-state index in [0.29, 0.717) is 28.7 Å². The smallest absolute Gasteiger partial charge is 0.240 e. The average Bonchev–Trinajstić information content (AvgIpc) is 3.28. The number of rotatable bonds is 3. The lowest BCUT2D eigenvalue weighted by Gasteiger charge is -2.20. The minimum atomic E-state index is -0.155. The maximum Gasteiger partial charge on any atom is 0.240 e. The zero-order valence-corrected chi connectivity index (χ0v) is 17.9. The van der Waals surface area contributed by atoms with Crippen molar-refractivity contribution in [1.82, 2.24) is 5.01 Å². The van der Waals surface area contributed by atoms with Crippen LogP contribution in [-0.4, -0.2) is 16.6 Å². The molecule has 158 valence electrons. The maximum atomic E-state index is 13.2. The molecule has 0 bridgehead atoms. The van der Waals surface area contributed by atoms with E-state index in [1.807, 2.05) is 78.9 Å². The first kappa shape index (κ1) is 19.9. The van der Waals surface area contributed by atoms with E-state index in [-0.39, 0.29) is 17.4 Å². The second-order valence-electron chi connectivity index (χ2n) is 8.00. The Bertz CT molecular complexity index is 1410. The zero-order valence-electron chi connectivity index (χ0n) is 17.9. The molecule has 1 aliphatic heterocycles. The van der Waals surface area contributed by atoms with E-state index in [9.17, 15) is 9.59 Å². The van der Waals surface area contributed by atoms with Crippen molar-refractivity contribution in [3.63, 3.8) is 0 Å². The van der Waals surface area contributed by atoms with Gasteiger partial charge in [-0.1, -0.05) is 60.7 Å². The van der Waals surface area contributed by atoms with Gasteiger partial charge in [-0.15, -0.1) is 0 Å². The molecule has 1 amide bonds. The van der Waals surface area contributed by atoms with Gasteiger partial charge in [0, 0.05) is 24.5 Å². The SMILES string of the molecule is CC(=O)N1N=C(c2ccc3oc(-c4ccccc4)c(C)c(=O)c3c2)CC1c1ccccc1. The Morgan fingerprint density at radius 1 is 0.969 bits per heavy atom. The molecule has 1 aromatic heterocycles. The molecule has 1 aliphatic rings. The van der Waals surface area contributed by atoms with Crippen LogP contribution in [0.15, 0.2) is 93.2 Å². The Labute approximate surface area is 185 Å². The summed E-state index contributed by atoms with van der Waals surface area (Å²) in [6, 6.07) is 24.9. The third-order valence-corrected chi connectivity index (χ3v) is 5.90. The van der Waals surface area contributed by atoms with Crippen LogP contribution in [0.25, 0.3) is 22.3 Å². The third-order valence-electron chi connectivity index (χ3n) is 5.90. The molecule has 0 fully saturated rings. The highest BCUT2D eigenvalue weighted by Gasteiger charge is 2.31. The largest absolute Gasteiger partial charge is 0.456 e. The monoisotopic (exact) mass is 422 g/mol. The third kappa shape index (κ3) is 3.42. The average molecular weight is 422 g/mol. The maximum absolute atomic E-state index is 13.2. The van der Waals surface area contributed by atoms with E-state index in [1.165, 1.54) is 11.9 Å². The summed E-state index contributed by atoms with van der Waals surface area (Å²) in [6.07, 6.45) is 0.585. The van der Waals surface area contributed by atoms with Crippen LogP contribution in [0.5, 0.6) is 0 Å². The summed E-state index contributed by atoms with van der Waals surface area (Å²) in [7, 11) is 0. The molecule has 2 heterocycles. The van der Waals surface area contributed by atoms with Gasteiger partial charge >= 0.3 is 0 Å². The first-order valence-electron chi connectivity index (χ1n) is 10.6. The van der Waals surface area contributed by atoms with Gasteiger partial charge < -0.3 is 4.42 Å². The van der Waals surface area contributed by atoms with Gasteiger partial charge in [0.1, 0.15) is 11.3 Å². The fraction of sp³-hybridized carbons (Fsp3) is 0.148. The minimum Gasteiger partial charge on any atom is -0.456 e. The first-order chi connectivity index (χ1) is 15.5. The van der Waals surface area contributed by atoms with Gasteiger partial charge in [0.25, 0.3) is 0 Å². The summed E-state index contributed by atoms with van der Waals surface area (Å²) in [6.45, 7) is 3.31. The fourth-order valence-electron chi connectivity index (χ4n) is 4.24. The molecule has 0 saturated carbocycles. The van der Waals surface area contributed by atoms with Crippen molar-refractivity contribution in [1.29, 1.82) is 0 Å². The molecule has 3 aromatic carbocycles. The summed E-state index contributed by atoms with van der Waals surface area (Å²) in [4.78, 5) is 25.4. The van der Waals surface area contributed by atoms with Crippen LogP contribution in [0.3, 0.4) is 0 Å². The number of fused-ring (bicyclic) bond motifs is 1. The number of amides is 1. The molecule has 0 spiro atoms. The van der Waals surface area contributed by atoms with E-state index in [4.69, 9.17) is 4.42 Å². The first-order valence-corrected chi connectivity index (χ1v) is 10.6. The molecular formula is C27H22N2O3. The Morgan fingerprint density at radius 2 is 1.66 bits per heavy atom. The topological polar surface area (TPSA) is 62.9 Å². The molecule has 5 heteroatoms. The van der Waals surface area contributed by atoms with E-state index in [1.54, 1.807) is 6.92 Å². The summed E-state index contributed by atoms with van der Waals surface area (Å²) < 4.78 is 6.12. The second kappa shape index (κ2) is 7.93. The zero-order chi connectivity index (χ0) is 22.2. The standard InChI is InChI=1S/C27H22N2O3/c1-17-26(31)22-15-21(13-14-25(22)32-27(17)20-11-7-4-8-12-20)23-16-24(29(28-23)18(2)30)19-9-5-3-6-10-19/h3-15,24H,16H2,1-2H3. The van der Waals surface area contributed by atoms with Gasteiger partial charge in [-0.3, -0.25) is 9.59 Å². The molecule has 32 heavy (non-hydrogen) atoms. The van der Waals surface area contributed by atoms with E-state index in [2.05, 4.69) is 5.10 Å². The molecule has 0 radical (unpaired) electrons. The van der Waals surface area contributed by atoms with Crippen molar-refractivity contribution in [2.45, 2.75) is 26.3 Å². The van der Waals surface area contributed by atoms with Crippen molar-refractivity contribution in [3.05, 3.63) is 106 Å². The predicted octanol–water partition coefficient (Wildman–Crippen LogP) is 5.47. The van der Waals surface area contributed by atoms with Crippen molar-refractivity contribution in [3.8, 4) is 11.3 Å². The van der Waals surface area contributed by atoms with Crippen LogP contribution in [0.4, 0.5) is 0 Å². The predicted molar refractivity (Wildman–Crippen MR) is 126 cm³/mol. The van der Waals surface area contributed by atoms with Gasteiger partial charge in [0.15, 0.2) is 5.43 Å². The number of carbonyl (C=O) groups excluding carboxylic acids is 1. The number of hydrazone groups is 1. The molecule has 0 N–H and O–H groups in total. The van der Waals surface area contributed by atoms with Crippen molar-refractivity contribution >= 4 is 22.6 Å². The van der Waals surface area contributed by atoms with Crippen LogP contribution >= 0.6 is 0 Å². The van der Waals surface area contributed by atoms with Crippen LogP contribution in [0, 0.1) is 6.92 Å². The van der Waals surface area contributed by atoms with Crippen LogP contribution in [-0.2, 0) is 4.79 Å². The highest BCUT2D eigenvalue weighted by atomic mass is 16.3. The summed E-state index contributed by atoms with van der Waals surface area (Å²) in [5, 5.41) is 6.65. The number of carbonyl (C=O) groups is 1. The second-order valence-corrected chi connectivity index (χ2v) is 8.00. The van der Waals surface area contributed by atoms with E-state index < -0.39 is 0 Å². The molecule has 0 saturated heterocycles. The Kier molecular flexibility index (Phi) is 4.94. The molecule has 5 nitrogen and oxygen atoms in total. The minimum absolute atomic E-state index is 0.0615. The quantitative estimate of drug-likeness (QED) is 0.440. The molecule has 0 aliphatic carbocycles. The van der Waals surface area contributed by atoms with Gasteiger partial charge in [-0.25, -0.2) is 5.01 Å². The lowest BCUT2D eigenvalue weighted by Crippen LogP contribution is -2.24. The van der Waals surface area contributed by atoms with E-state index >= 15 is 0 Å². The number of hydrogen-bond donors (Lipinski definition) is 0. The Balaban J connectivity index is 1.57. The number of nitrogens with zero attached hydrogens (tertiary/aromatic N) is 2. The molecule has 4 aromatic rings. The van der Waals surface area contributed by atoms with E-state index in [0.717, 1.165) is 22.4 Å². The van der Waals surface area contributed by atoms with Crippen LogP contribution in [0.2, 0.25) is 0 Å². The van der Waals surface area contributed by atoms with Gasteiger partial charge in [0.05, 0.1) is 17.1 Å². The molecule has 1 unspecified atom stereocenters. The van der Waals surface area contributed by atoms with Crippen LogP contribution < -0.4 is 5.43 Å². The van der Waals surface area contributed by atoms with Crippen molar-refractivity contribution in [2.75, 3.05) is 0 Å². The lowest BCUT2D eigenvalue weighted by atomic mass is 9.97. The van der Waals surface area contributed by atoms with Crippen LogP contribution in [0.1, 0.15) is 36.1 Å². The van der Waals surface area contributed by atoms with Crippen molar-refractivity contribution in [2.24, 2.45) is 5.10 Å². The number of benzene rings is 3. The summed E-state index contributed by atoms with van der Waals surface area (Å²) in [5.74, 6) is 0.471. The van der Waals surface area contributed by atoms with Gasteiger partial charge in [0.2, 0.25) is 5.91 Å². The molecule has 1 atom stereocenters. The molecular weight excluding hydrogens is 400 g/mol. The summed E-state index contributed by atoms with van der Waals surface area (Å²) >= 11 is 0. The summed E-state index contributed by atoms with van der Waals surface area (Å²) in [5.41, 5.74) is 4.54. The Morgan fingerprint density at radius 3 is 2.34 bits per heavy atom. The highest BCUT2D eigenvalue weighted by Crippen LogP contribution is 2.33. The van der Waals surface area contributed by atoms with Gasteiger partial charge in [-0.2, -0.15) is 5.10 Å². The molecule has 5 rings (SSSR count). The highest BCUT2D eigenvalue weighted by molar-refractivity contribution is 6.05. The normalized spacial score (nSPS) is 15.8. The Hall–Kier alpha value is -3.99.